The first kappa shape index (κ1) is 15.8. The van der Waals surface area contributed by atoms with Crippen LogP contribution in [0.1, 0.15) is 0 Å². The van der Waals surface area contributed by atoms with Crippen molar-refractivity contribution >= 4 is 30.4 Å². The van der Waals surface area contributed by atoms with Crippen LogP contribution in [-0.4, -0.2) is 37.2 Å². The van der Waals surface area contributed by atoms with Crippen LogP contribution in [0.2, 0.25) is 0 Å². The summed E-state index contributed by atoms with van der Waals surface area (Å²) >= 11 is 3.06. The van der Waals surface area contributed by atoms with Gasteiger partial charge in [-0.3, -0.25) is 0 Å². The molecule has 0 saturated heterocycles. The fourth-order valence-electron chi connectivity index (χ4n) is 2.23. The molecule has 4 aromatic heterocycles. The van der Waals surface area contributed by atoms with E-state index in [1.807, 2.05) is 37.0 Å². The van der Waals surface area contributed by atoms with E-state index in [1.54, 1.807) is 21.8 Å². The minimum Gasteiger partial charge on any atom is -0.515 e. The van der Waals surface area contributed by atoms with Gasteiger partial charge in [-0.2, -0.15) is 10.2 Å². The van der Waals surface area contributed by atoms with Crippen molar-refractivity contribution in [2.75, 3.05) is 0 Å². The van der Waals surface area contributed by atoms with E-state index >= 15 is 0 Å². The fourth-order valence-corrected chi connectivity index (χ4v) is 3.42. The van der Waals surface area contributed by atoms with Gasteiger partial charge in [-0.05, 0) is 0 Å². The van der Waals surface area contributed by atoms with Crippen LogP contribution in [0.25, 0.3) is 21.4 Å². The van der Waals surface area contributed by atoms with E-state index in [0.29, 0.717) is 11.8 Å². The Hall–Kier alpha value is -2.66. The first-order valence-electron chi connectivity index (χ1n) is 7.34. The molecule has 0 aliphatic rings. The number of aromatic nitrogens is 6. The van der Waals surface area contributed by atoms with Crippen LogP contribution in [0.3, 0.4) is 0 Å². The van der Waals surface area contributed by atoms with Crippen molar-refractivity contribution in [2.24, 2.45) is 14.1 Å². The monoisotopic (exact) mass is 372 g/mol. The standard InChI is InChI=1S/C14H13BN6O2S2/c1-20-11(7-9(18-20)13-16-3-5-24-13)22-15-23-12-8-10(19-21(12)2)14-17-4-6-25-14/h3-8,15H,1-2H3. The van der Waals surface area contributed by atoms with E-state index in [0.717, 1.165) is 21.4 Å². The molecule has 0 radical (unpaired) electrons. The van der Waals surface area contributed by atoms with Gasteiger partial charge < -0.3 is 9.31 Å². The quantitative estimate of drug-likeness (QED) is 0.483. The summed E-state index contributed by atoms with van der Waals surface area (Å²) in [6, 6.07) is 3.68. The molecular formula is C14H13BN6O2S2. The second-order valence-corrected chi connectivity index (χ2v) is 6.85. The Labute approximate surface area is 152 Å². The highest BCUT2D eigenvalue weighted by atomic mass is 32.1. The molecule has 0 aliphatic heterocycles. The van der Waals surface area contributed by atoms with Crippen molar-refractivity contribution in [2.45, 2.75) is 0 Å². The number of hydrogen-bond donors (Lipinski definition) is 0. The van der Waals surface area contributed by atoms with Gasteiger partial charge in [0, 0.05) is 49.4 Å². The van der Waals surface area contributed by atoms with Crippen molar-refractivity contribution in [3.63, 3.8) is 0 Å². The summed E-state index contributed by atoms with van der Waals surface area (Å²) in [5, 5.41) is 14.3. The summed E-state index contributed by atoms with van der Waals surface area (Å²) in [6.45, 7) is 0. The minimum absolute atomic E-state index is 0.0493. The zero-order valence-corrected chi connectivity index (χ0v) is 15.1. The van der Waals surface area contributed by atoms with Crippen LogP contribution in [0.4, 0.5) is 0 Å². The molecule has 0 fully saturated rings. The maximum absolute atomic E-state index is 5.68. The predicted molar refractivity (Wildman–Crippen MR) is 97.0 cm³/mol. The number of nitrogens with zero attached hydrogens (tertiary/aromatic N) is 6. The molecule has 4 rings (SSSR count). The predicted octanol–water partition coefficient (Wildman–Crippen LogP) is 2.12. The number of rotatable bonds is 6. The third-order valence-corrected chi connectivity index (χ3v) is 4.98. The van der Waals surface area contributed by atoms with Crippen LogP contribution in [0.15, 0.2) is 35.3 Å². The summed E-state index contributed by atoms with van der Waals surface area (Å²) in [6.07, 6.45) is 3.50. The van der Waals surface area contributed by atoms with Gasteiger partial charge in [-0.1, -0.05) is 0 Å². The Bertz CT molecular complexity index is 885. The maximum atomic E-state index is 5.68. The van der Waals surface area contributed by atoms with Crippen LogP contribution in [0, 0.1) is 0 Å². The molecular weight excluding hydrogens is 359 g/mol. The van der Waals surface area contributed by atoms with E-state index in [2.05, 4.69) is 20.2 Å². The molecule has 11 heteroatoms. The van der Waals surface area contributed by atoms with Crippen molar-refractivity contribution in [1.29, 1.82) is 0 Å². The second-order valence-electron chi connectivity index (χ2n) is 5.06. The van der Waals surface area contributed by atoms with Gasteiger partial charge in [0.15, 0.2) is 11.8 Å². The molecule has 4 aromatic rings. The molecule has 0 aromatic carbocycles. The van der Waals surface area contributed by atoms with Crippen LogP contribution in [0.5, 0.6) is 11.8 Å². The third kappa shape index (κ3) is 3.28. The van der Waals surface area contributed by atoms with Crippen LogP contribution in [-0.2, 0) is 14.1 Å². The van der Waals surface area contributed by atoms with E-state index in [4.69, 9.17) is 9.31 Å². The molecule has 4 heterocycles. The molecule has 0 aliphatic carbocycles. The average molecular weight is 372 g/mol. The number of thiazole rings is 2. The van der Waals surface area contributed by atoms with Gasteiger partial charge >= 0.3 is 7.69 Å². The van der Waals surface area contributed by atoms with Gasteiger partial charge in [0.1, 0.15) is 21.4 Å². The molecule has 0 unspecified atom stereocenters. The Balaban J connectivity index is 1.41. The van der Waals surface area contributed by atoms with Gasteiger partial charge in [0.05, 0.1) is 0 Å². The fraction of sp³-hybridized carbons (Fsp3) is 0.143. The van der Waals surface area contributed by atoms with Gasteiger partial charge in [-0.25, -0.2) is 19.3 Å². The highest BCUT2D eigenvalue weighted by Gasteiger charge is 2.14. The third-order valence-electron chi connectivity index (χ3n) is 3.39. The van der Waals surface area contributed by atoms with Crippen LogP contribution >= 0.6 is 22.7 Å². The van der Waals surface area contributed by atoms with E-state index in [-0.39, 0.29) is 7.69 Å². The van der Waals surface area contributed by atoms with E-state index in [1.165, 1.54) is 22.7 Å². The number of aryl methyl sites for hydroxylation is 2. The molecule has 25 heavy (non-hydrogen) atoms. The Morgan fingerprint density at radius 1 is 0.840 bits per heavy atom. The lowest BCUT2D eigenvalue weighted by atomic mass is 10.3. The lowest BCUT2D eigenvalue weighted by Gasteiger charge is -2.06. The molecule has 0 spiro atoms. The molecule has 0 atom stereocenters. The van der Waals surface area contributed by atoms with Crippen LogP contribution < -0.4 is 9.31 Å². The topological polar surface area (TPSA) is 79.9 Å². The Kier molecular flexibility index (Phi) is 4.24. The molecule has 0 bridgehead atoms. The first-order chi connectivity index (χ1) is 12.2. The normalized spacial score (nSPS) is 10.8. The van der Waals surface area contributed by atoms with Crippen molar-refractivity contribution in [1.82, 2.24) is 29.5 Å². The summed E-state index contributed by atoms with van der Waals surface area (Å²) in [5.74, 6) is 1.21. The highest BCUT2D eigenvalue weighted by molar-refractivity contribution is 7.13. The zero-order valence-electron chi connectivity index (χ0n) is 13.5. The summed E-state index contributed by atoms with van der Waals surface area (Å²) in [7, 11) is 3.68. The molecule has 0 saturated carbocycles. The Morgan fingerprint density at radius 2 is 1.32 bits per heavy atom. The highest BCUT2D eigenvalue weighted by Crippen LogP contribution is 2.25. The van der Waals surface area contributed by atoms with Gasteiger partial charge in [0.2, 0.25) is 0 Å². The first-order valence-corrected chi connectivity index (χ1v) is 9.10. The SMILES string of the molecule is Cn1nc(-c2nccs2)cc1OBOc1cc(-c2nccs2)nn1C. The van der Waals surface area contributed by atoms with E-state index in [9.17, 15) is 0 Å². The molecule has 0 N–H and O–H groups in total. The lowest BCUT2D eigenvalue weighted by molar-refractivity contribution is 0.408. The minimum atomic E-state index is 0.0493. The smallest absolute Gasteiger partial charge is 0.515 e. The number of hydrogen-bond acceptors (Lipinski definition) is 8. The summed E-state index contributed by atoms with van der Waals surface area (Å²) < 4.78 is 14.7. The van der Waals surface area contributed by atoms with Crippen molar-refractivity contribution in [3.8, 4) is 33.2 Å². The van der Waals surface area contributed by atoms with Crippen molar-refractivity contribution < 1.29 is 9.31 Å². The van der Waals surface area contributed by atoms with E-state index < -0.39 is 0 Å². The molecule has 8 nitrogen and oxygen atoms in total. The molecule has 0 amide bonds. The lowest BCUT2D eigenvalue weighted by Crippen LogP contribution is -2.14. The summed E-state index contributed by atoms with van der Waals surface area (Å²) in [4.78, 5) is 8.49. The average Bonchev–Trinajstić information content (AvgIpc) is 3.35. The zero-order chi connectivity index (χ0) is 17.2. The van der Waals surface area contributed by atoms with Gasteiger partial charge in [0.25, 0.3) is 0 Å². The molecule has 126 valence electrons. The van der Waals surface area contributed by atoms with Gasteiger partial charge in [-0.15, -0.1) is 22.7 Å². The second kappa shape index (κ2) is 6.69. The Morgan fingerprint density at radius 3 is 1.72 bits per heavy atom. The van der Waals surface area contributed by atoms with Crippen molar-refractivity contribution in [3.05, 3.63) is 35.3 Å². The largest absolute Gasteiger partial charge is 0.578 e. The maximum Gasteiger partial charge on any atom is 0.578 e. The summed E-state index contributed by atoms with van der Waals surface area (Å²) in [5.41, 5.74) is 1.55.